The topological polar surface area (TPSA) is 105 Å². The average Bonchev–Trinajstić information content (AvgIpc) is 2.81. The highest BCUT2D eigenvalue weighted by Gasteiger charge is 2.19. The maximum atomic E-state index is 14.4. The van der Waals surface area contributed by atoms with Gasteiger partial charge in [0.05, 0.1) is 5.92 Å². The van der Waals surface area contributed by atoms with Crippen LogP contribution in [0.4, 0.5) is 14.9 Å². The van der Waals surface area contributed by atoms with Crippen molar-refractivity contribution in [1.29, 1.82) is 0 Å². The lowest BCUT2D eigenvalue weighted by Gasteiger charge is -2.19. The molecule has 0 saturated heterocycles. The number of anilines is 1. The van der Waals surface area contributed by atoms with E-state index in [1.807, 2.05) is 0 Å². The van der Waals surface area contributed by atoms with E-state index in [9.17, 15) is 23.9 Å². The van der Waals surface area contributed by atoms with Crippen LogP contribution in [-0.2, 0) is 16.1 Å². The molecule has 3 aromatic rings. The molecule has 0 aliphatic rings. The van der Waals surface area contributed by atoms with Gasteiger partial charge in [-0.3, -0.25) is 9.59 Å². The molecule has 0 fully saturated rings. The third kappa shape index (κ3) is 7.15. The Kier molecular flexibility index (Phi) is 8.09. The van der Waals surface area contributed by atoms with Crippen molar-refractivity contribution >= 4 is 23.7 Å². The molecule has 0 aromatic heterocycles. The van der Waals surface area contributed by atoms with Crippen molar-refractivity contribution in [1.82, 2.24) is 5.32 Å². The third-order valence-corrected chi connectivity index (χ3v) is 5.30. The van der Waals surface area contributed by atoms with Gasteiger partial charge in [0.1, 0.15) is 11.4 Å². The Labute approximate surface area is 209 Å². The van der Waals surface area contributed by atoms with Crippen LogP contribution >= 0.6 is 0 Å². The molecular weight excluding hydrogens is 463 g/mol. The molecule has 1 atom stereocenters. The second-order valence-electron chi connectivity index (χ2n) is 9.39. The number of ether oxygens (including phenoxy) is 1. The second-order valence-corrected chi connectivity index (χ2v) is 9.39. The Morgan fingerprint density at radius 3 is 2.39 bits per heavy atom. The summed E-state index contributed by atoms with van der Waals surface area (Å²) in [6, 6.07) is 17.8. The van der Waals surface area contributed by atoms with Crippen LogP contribution < -0.4 is 10.6 Å². The zero-order valence-electron chi connectivity index (χ0n) is 20.6. The molecule has 1 unspecified atom stereocenters. The van der Waals surface area contributed by atoms with E-state index < -0.39 is 35.3 Å². The molecule has 0 saturated carbocycles. The third-order valence-electron chi connectivity index (χ3n) is 5.30. The van der Waals surface area contributed by atoms with E-state index in [1.165, 1.54) is 12.1 Å². The molecular formula is C28H29FN2O5. The first-order chi connectivity index (χ1) is 16.9. The molecule has 36 heavy (non-hydrogen) atoms. The van der Waals surface area contributed by atoms with Gasteiger partial charge in [-0.05, 0) is 86.3 Å². The van der Waals surface area contributed by atoms with Gasteiger partial charge in [-0.1, -0.05) is 30.3 Å². The number of hydrogen-bond donors (Lipinski definition) is 3. The number of carboxylic acid groups (broad SMARTS) is 1. The zero-order valence-corrected chi connectivity index (χ0v) is 20.6. The summed E-state index contributed by atoms with van der Waals surface area (Å²) in [6.45, 7) is 6.87. The molecule has 2 amide bonds. The van der Waals surface area contributed by atoms with Gasteiger partial charge in [-0.15, -0.1) is 0 Å². The van der Waals surface area contributed by atoms with Crippen LogP contribution in [0.5, 0.6) is 0 Å². The van der Waals surface area contributed by atoms with Crippen molar-refractivity contribution in [2.75, 3.05) is 5.32 Å². The van der Waals surface area contributed by atoms with Crippen LogP contribution in [0.2, 0.25) is 0 Å². The summed E-state index contributed by atoms with van der Waals surface area (Å²) in [5.74, 6) is -2.71. The van der Waals surface area contributed by atoms with E-state index >= 15 is 0 Å². The zero-order chi connectivity index (χ0) is 26.5. The number of carbonyl (C=O) groups excluding carboxylic acids is 2. The molecule has 3 N–H and O–H groups in total. The van der Waals surface area contributed by atoms with Crippen molar-refractivity contribution in [2.24, 2.45) is 0 Å². The number of halogens is 1. The minimum atomic E-state index is -0.998. The fourth-order valence-corrected chi connectivity index (χ4v) is 3.56. The lowest BCUT2D eigenvalue weighted by molar-refractivity contribution is -0.138. The lowest BCUT2D eigenvalue weighted by atomic mass is 9.98. The van der Waals surface area contributed by atoms with E-state index in [2.05, 4.69) is 10.6 Å². The van der Waals surface area contributed by atoms with Gasteiger partial charge < -0.3 is 20.5 Å². The fourth-order valence-electron chi connectivity index (χ4n) is 3.56. The summed E-state index contributed by atoms with van der Waals surface area (Å²) in [4.78, 5) is 36.4. The molecule has 8 heteroatoms. The SMILES string of the molecule is CC(C(=O)O)c1ccccc1NC(=O)c1cccc(-c2cc(F)cc(CNC(=O)OC(C)(C)C)c2)c1. The normalized spacial score (nSPS) is 11.9. The Hall–Kier alpha value is -4.20. The first kappa shape index (κ1) is 26.4. The van der Waals surface area contributed by atoms with Crippen molar-refractivity contribution in [2.45, 2.75) is 45.8 Å². The van der Waals surface area contributed by atoms with Crippen molar-refractivity contribution in [3.8, 4) is 11.1 Å². The predicted molar refractivity (Wildman–Crippen MR) is 135 cm³/mol. The number of alkyl carbamates (subject to hydrolysis) is 1. The largest absolute Gasteiger partial charge is 0.481 e. The van der Waals surface area contributed by atoms with Crippen LogP contribution in [0.1, 0.15) is 55.1 Å². The number of nitrogens with one attached hydrogen (secondary N) is 2. The van der Waals surface area contributed by atoms with Gasteiger partial charge in [0.2, 0.25) is 0 Å². The summed E-state index contributed by atoms with van der Waals surface area (Å²) >= 11 is 0. The van der Waals surface area contributed by atoms with Crippen molar-refractivity contribution < 1.29 is 28.6 Å². The number of benzene rings is 3. The van der Waals surface area contributed by atoms with Gasteiger partial charge in [0, 0.05) is 17.8 Å². The smallest absolute Gasteiger partial charge is 0.407 e. The summed E-state index contributed by atoms with van der Waals surface area (Å²) in [6.07, 6.45) is -0.607. The van der Waals surface area contributed by atoms with Crippen LogP contribution in [-0.4, -0.2) is 28.7 Å². The van der Waals surface area contributed by atoms with Crippen LogP contribution in [0.15, 0.2) is 66.7 Å². The Morgan fingerprint density at radius 1 is 0.972 bits per heavy atom. The van der Waals surface area contributed by atoms with Crippen molar-refractivity contribution in [3.05, 3.63) is 89.2 Å². The highest BCUT2D eigenvalue weighted by atomic mass is 19.1. The van der Waals surface area contributed by atoms with Crippen LogP contribution in [0.25, 0.3) is 11.1 Å². The Bertz CT molecular complexity index is 1280. The second kappa shape index (κ2) is 11.0. The molecule has 0 bridgehead atoms. The van der Waals surface area contributed by atoms with Crippen LogP contribution in [0.3, 0.4) is 0 Å². The molecule has 0 heterocycles. The minimum absolute atomic E-state index is 0.0679. The minimum Gasteiger partial charge on any atom is -0.481 e. The Balaban J connectivity index is 1.80. The van der Waals surface area contributed by atoms with E-state index in [4.69, 9.17) is 4.74 Å². The average molecular weight is 493 g/mol. The number of rotatable bonds is 7. The van der Waals surface area contributed by atoms with Gasteiger partial charge in [0.25, 0.3) is 5.91 Å². The van der Waals surface area contributed by atoms with Crippen LogP contribution in [0, 0.1) is 5.82 Å². The molecule has 7 nitrogen and oxygen atoms in total. The monoisotopic (exact) mass is 492 g/mol. The summed E-state index contributed by atoms with van der Waals surface area (Å²) < 4.78 is 19.6. The molecule has 188 valence electrons. The van der Waals surface area contributed by atoms with E-state index in [-0.39, 0.29) is 6.54 Å². The van der Waals surface area contributed by atoms with E-state index in [1.54, 1.807) is 82.3 Å². The summed E-state index contributed by atoms with van der Waals surface area (Å²) in [5, 5.41) is 14.7. The highest BCUT2D eigenvalue weighted by Crippen LogP contribution is 2.27. The van der Waals surface area contributed by atoms with Crippen molar-refractivity contribution in [3.63, 3.8) is 0 Å². The molecule has 3 rings (SSSR count). The number of hydrogen-bond acceptors (Lipinski definition) is 4. The summed E-state index contributed by atoms with van der Waals surface area (Å²) in [5.41, 5.74) is 2.24. The van der Waals surface area contributed by atoms with E-state index in [0.717, 1.165) is 0 Å². The number of amides is 2. The molecule has 0 aliphatic carbocycles. The first-order valence-corrected chi connectivity index (χ1v) is 11.4. The maximum Gasteiger partial charge on any atom is 0.407 e. The molecule has 0 spiro atoms. The lowest BCUT2D eigenvalue weighted by Crippen LogP contribution is -2.32. The quantitative estimate of drug-likeness (QED) is 0.378. The number of aliphatic carboxylic acids is 1. The van der Waals surface area contributed by atoms with E-state index in [0.29, 0.717) is 33.5 Å². The first-order valence-electron chi connectivity index (χ1n) is 11.4. The fraction of sp³-hybridized carbons (Fsp3) is 0.250. The van der Waals surface area contributed by atoms with Gasteiger partial charge in [0.15, 0.2) is 0 Å². The highest BCUT2D eigenvalue weighted by molar-refractivity contribution is 6.05. The van der Waals surface area contributed by atoms with Gasteiger partial charge in [-0.25, -0.2) is 9.18 Å². The molecule has 0 aliphatic heterocycles. The van der Waals surface area contributed by atoms with Gasteiger partial charge in [-0.2, -0.15) is 0 Å². The number of carboxylic acids is 1. The maximum absolute atomic E-state index is 14.4. The number of para-hydroxylation sites is 1. The predicted octanol–water partition coefficient (Wildman–Crippen LogP) is 5.96. The summed E-state index contributed by atoms with van der Waals surface area (Å²) in [7, 11) is 0. The number of carbonyl (C=O) groups is 3. The molecule has 3 aromatic carbocycles. The standard InChI is InChI=1S/C28H29FN2O5/c1-17(26(33)34)23-10-5-6-11-24(23)31-25(32)20-9-7-8-19(14-20)21-12-18(13-22(29)15-21)16-30-27(35)36-28(2,3)4/h5-15,17H,16H2,1-4H3,(H,30,35)(H,31,32)(H,33,34). The van der Waals surface area contributed by atoms with Gasteiger partial charge >= 0.3 is 12.1 Å². The Morgan fingerprint density at radius 2 is 1.69 bits per heavy atom. The molecule has 0 radical (unpaired) electrons.